The second kappa shape index (κ2) is 7.02. The third-order valence-electron chi connectivity index (χ3n) is 4.22. The fourth-order valence-corrected chi connectivity index (χ4v) is 4.37. The Morgan fingerprint density at radius 2 is 1.81 bits per heavy atom. The van der Waals surface area contributed by atoms with Gasteiger partial charge in [-0.05, 0) is 24.3 Å². The van der Waals surface area contributed by atoms with Crippen molar-refractivity contribution in [1.29, 1.82) is 0 Å². The van der Waals surface area contributed by atoms with Crippen LogP contribution in [0.3, 0.4) is 0 Å². The summed E-state index contributed by atoms with van der Waals surface area (Å²) in [5.74, 6) is -1.09. The fraction of sp³-hybridized carbons (Fsp3) is 0.0500. The molecule has 1 saturated heterocycles. The van der Waals surface area contributed by atoms with Crippen molar-refractivity contribution in [3.05, 3.63) is 71.3 Å². The van der Waals surface area contributed by atoms with Gasteiger partial charge in [0.05, 0.1) is 10.6 Å². The quantitative estimate of drug-likeness (QED) is 0.532. The summed E-state index contributed by atoms with van der Waals surface area (Å²) < 4.78 is 2.15. The van der Waals surface area contributed by atoms with Crippen LogP contribution in [-0.4, -0.2) is 25.9 Å². The number of amides is 1. The lowest BCUT2D eigenvalue weighted by Crippen LogP contribution is -2.27. The zero-order valence-electron chi connectivity index (χ0n) is 14.0. The van der Waals surface area contributed by atoms with Crippen molar-refractivity contribution in [3.8, 4) is 0 Å². The van der Waals surface area contributed by atoms with Gasteiger partial charge in [-0.15, -0.1) is 0 Å². The van der Waals surface area contributed by atoms with Gasteiger partial charge < -0.3 is 9.67 Å². The van der Waals surface area contributed by atoms with E-state index in [4.69, 9.17) is 17.3 Å². The van der Waals surface area contributed by atoms with E-state index in [1.165, 1.54) is 16.7 Å². The average molecular weight is 394 g/mol. The molecule has 1 fully saturated rings. The van der Waals surface area contributed by atoms with Gasteiger partial charge in [-0.1, -0.05) is 60.4 Å². The molecule has 27 heavy (non-hydrogen) atoms. The molecule has 5 nitrogen and oxygen atoms in total. The van der Waals surface area contributed by atoms with Crippen LogP contribution in [0, 0.1) is 0 Å². The van der Waals surface area contributed by atoms with E-state index < -0.39 is 5.97 Å². The molecule has 2 heterocycles. The maximum absolute atomic E-state index is 12.9. The number of carboxylic acids is 1. The summed E-state index contributed by atoms with van der Waals surface area (Å²) in [5.41, 5.74) is 2.34. The minimum absolute atomic E-state index is 0.140. The minimum Gasteiger partial charge on any atom is -0.480 e. The molecular formula is C20H14N2O3S2. The zero-order chi connectivity index (χ0) is 19.0. The van der Waals surface area contributed by atoms with Crippen LogP contribution in [0.15, 0.2) is 65.7 Å². The van der Waals surface area contributed by atoms with Crippen molar-refractivity contribution in [3.63, 3.8) is 0 Å². The van der Waals surface area contributed by atoms with E-state index >= 15 is 0 Å². The van der Waals surface area contributed by atoms with E-state index in [-0.39, 0.29) is 12.5 Å². The number of hydrogen-bond donors (Lipinski definition) is 1. The van der Waals surface area contributed by atoms with Gasteiger partial charge >= 0.3 is 5.97 Å². The Hall–Kier alpha value is -2.90. The Balaban J connectivity index is 1.75. The second-order valence-corrected chi connectivity index (χ2v) is 7.65. The number of thiocarbonyl (C=S) groups is 1. The standard InChI is InChI=1S/C20H14N2O3S2/c23-18(24)12-21-11-13(15-8-4-5-9-16(15)21)10-17-19(25)22(20(26)27-17)14-6-2-1-3-7-14/h1-11H,12H2,(H,23,24)/b17-10+. The number of thioether (sulfide) groups is 1. The van der Waals surface area contributed by atoms with Crippen molar-refractivity contribution in [2.75, 3.05) is 4.90 Å². The van der Waals surface area contributed by atoms with Crippen LogP contribution in [0.25, 0.3) is 17.0 Å². The highest BCUT2D eigenvalue weighted by Crippen LogP contribution is 2.37. The highest BCUT2D eigenvalue weighted by atomic mass is 32.2. The highest BCUT2D eigenvalue weighted by Gasteiger charge is 2.33. The number of carboxylic acid groups (broad SMARTS) is 1. The zero-order valence-corrected chi connectivity index (χ0v) is 15.7. The van der Waals surface area contributed by atoms with E-state index in [2.05, 4.69) is 0 Å². The van der Waals surface area contributed by atoms with Crippen molar-refractivity contribution >= 4 is 62.8 Å². The lowest BCUT2D eigenvalue weighted by Gasteiger charge is -2.13. The third-order valence-corrected chi connectivity index (χ3v) is 5.52. The second-order valence-electron chi connectivity index (χ2n) is 5.98. The first kappa shape index (κ1) is 17.5. The van der Waals surface area contributed by atoms with Crippen LogP contribution < -0.4 is 4.90 Å². The molecule has 134 valence electrons. The molecule has 0 atom stereocenters. The topological polar surface area (TPSA) is 62.5 Å². The Morgan fingerprint density at radius 3 is 2.56 bits per heavy atom. The van der Waals surface area contributed by atoms with E-state index in [1.807, 2.05) is 54.6 Å². The first-order valence-corrected chi connectivity index (χ1v) is 9.40. The van der Waals surface area contributed by atoms with Gasteiger partial charge in [-0.3, -0.25) is 14.5 Å². The average Bonchev–Trinajstić information content (AvgIpc) is 3.13. The number of aliphatic carboxylic acids is 1. The number of benzene rings is 2. The van der Waals surface area contributed by atoms with Gasteiger partial charge in [-0.25, -0.2) is 0 Å². The molecule has 2 aromatic carbocycles. The molecule has 4 rings (SSSR count). The summed E-state index contributed by atoms with van der Waals surface area (Å²) >= 11 is 6.64. The summed E-state index contributed by atoms with van der Waals surface area (Å²) in [4.78, 5) is 26.1. The molecule has 1 aliphatic heterocycles. The number of anilines is 1. The molecule has 0 radical (unpaired) electrons. The Morgan fingerprint density at radius 1 is 1.11 bits per heavy atom. The lowest BCUT2D eigenvalue weighted by atomic mass is 10.1. The van der Waals surface area contributed by atoms with Gasteiger partial charge in [0.15, 0.2) is 4.32 Å². The Bertz CT molecular complexity index is 1100. The number of nitrogens with zero attached hydrogens (tertiary/aromatic N) is 2. The van der Waals surface area contributed by atoms with Gasteiger partial charge in [-0.2, -0.15) is 0 Å². The summed E-state index contributed by atoms with van der Waals surface area (Å²) in [6.45, 7) is -0.140. The number of carbonyl (C=O) groups is 2. The number of rotatable bonds is 4. The normalized spacial score (nSPS) is 15.9. The van der Waals surface area contributed by atoms with Crippen LogP contribution in [0.5, 0.6) is 0 Å². The predicted octanol–water partition coefficient (Wildman–Crippen LogP) is 4.13. The summed E-state index contributed by atoms with van der Waals surface area (Å²) in [5, 5.41) is 10.0. The van der Waals surface area contributed by atoms with Crippen molar-refractivity contribution < 1.29 is 14.7 Å². The molecule has 7 heteroatoms. The molecule has 1 N–H and O–H groups in total. The summed E-state index contributed by atoms with van der Waals surface area (Å²) in [6.07, 6.45) is 3.54. The van der Waals surface area contributed by atoms with Crippen LogP contribution >= 0.6 is 24.0 Å². The molecule has 0 unspecified atom stereocenters. The van der Waals surface area contributed by atoms with E-state index in [0.717, 1.165) is 22.2 Å². The third kappa shape index (κ3) is 3.27. The highest BCUT2D eigenvalue weighted by molar-refractivity contribution is 8.27. The van der Waals surface area contributed by atoms with E-state index in [0.29, 0.717) is 9.23 Å². The Kier molecular flexibility index (Phi) is 4.55. The van der Waals surface area contributed by atoms with Crippen LogP contribution in [-0.2, 0) is 16.1 Å². The van der Waals surface area contributed by atoms with Crippen molar-refractivity contribution in [2.45, 2.75) is 6.54 Å². The van der Waals surface area contributed by atoms with Gasteiger partial charge in [0.25, 0.3) is 5.91 Å². The van der Waals surface area contributed by atoms with Crippen LogP contribution in [0.2, 0.25) is 0 Å². The molecule has 1 aromatic heterocycles. The van der Waals surface area contributed by atoms with Gasteiger partial charge in [0.1, 0.15) is 6.54 Å². The van der Waals surface area contributed by atoms with Gasteiger partial charge in [0.2, 0.25) is 0 Å². The number of para-hydroxylation sites is 2. The first-order valence-electron chi connectivity index (χ1n) is 8.17. The predicted molar refractivity (Wildman–Crippen MR) is 112 cm³/mol. The molecule has 3 aromatic rings. The lowest BCUT2D eigenvalue weighted by molar-refractivity contribution is -0.137. The molecule has 1 amide bonds. The summed E-state index contributed by atoms with van der Waals surface area (Å²) in [6, 6.07) is 16.8. The van der Waals surface area contributed by atoms with Crippen LogP contribution in [0.1, 0.15) is 5.56 Å². The van der Waals surface area contributed by atoms with Crippen molar-refractivity contribution in [2.24, 2.45) is 0 Å². The fourth-order valence-electron chi connectivity index (χ4n) is 3.08. The van der Waals surface area contributed by atoms with E-state index in [9.17, 15) is 9.59 Å². The number of hydrogen-bond acceptors (Lipinski definition) is 4. The molecule has 0 spiro atoms. The Labute approximate surface area is 164 Å². The molecule has 1 aliphatic rings. The number of fused-ring (bicyclic) bond motifs is 1. The molecular weight excluding hydrogens is 380 g/mol. The van der Waals surface area contributed by atoms with Crippen LogP contribution in [0.4, 0.5) is 5.69 Å². The number of carbonyl (C=O) groups excluding carboxylic acids is 1. The van der Waals surface area contributed by atoms with Crippen molar-refractivity contribution in [1.82, 2.24) is 4.57 Å². The SMILES string of the molecule is O=C(O)Cn1cc(/C=C2/SC(=S)N(c3ccccc3)C2=O)c2ccccc21. The maximum atomic E-state index is 12.9. The smallest absolute Gasteiger partial charge is 0.323 e. The van der Waals surface area contributed by atoms with Gasteiger partial charge in [0, 0.05) is 22.7 Å². The molecule has 0 aliphatic carbocycles. The largest absolute Gasteiger partial charge is 0.480 e. The van der Waals surface area contributed by atoms with E-state index in [1.54, 1.807) is 16.8 Å². The molecule has 0 saturated carbocycles. The maximum Gasteiger partial charge on any atom is 0.323 e. The summed E-state index contributed by atoms with van der Waals surface area (Å²) in [7, 11) is 0. The first-order chi connectivity index (χ1) is 13.0. The monoisotopic (exact) mass is 394 g/mol. The minimum atomic E-state index is -0.919. The molecule has 0 bridgehead atoms. The number of aromatic nitrogens is 1.